The fourth-order valence-corrected chi connectivity index (χ4v) is 2.75. The lowest BCUT2D eigenvalue weighted by atomic mass is 10.1. The Morgan fingerprint density at radius 1 is 1.41 bits per heavy atom. The number of nitrogens with one attached hydrogen (secondary N) is 1. The van der Waals surface area contributed by atoms with Crippen molar-refractivity contribution in [3.05, 3.63) is 42.1 Å². The molecule has 1 fully saturated rings. The van der Waals surface area contributed by atoms with Crippen molar-refractivity contribution in [3.8, 4) is 0 Å². The molecule has 0 saturated carbocycles. The Bertz CT molecular complexity index is 654. The van der Waals surface area contributed by atoms with Crippen molar-refractivity contribution in [2.45, 2.75) is 19.6 Å². The Labute approximate surface area is 130 Å². The van der Waals surface area contributed by atoms with Gasteiger partial charge in [-0.25, -0.2) is 0 Å². The molecule has 116 valence electrons. The van der Waals surface area contributed by atoms with Crippen molar-refractivity contribution in [1.82, 2.24) is 15.2 Å². The number of morpholine rings is 1. The number of ether oxygens (including phenoxy) is 1. The fourth-order valence-electron chi connectivity index (χ4n) is 2.75. The molecule has 5 nitrogen and oxygen atoms in total. The van der Waals surface area contributed by atoms with Crippen molar-refractivity contribution in [1.29, 1.82) is 0 Å². The van der Waals surface area contributed by atoms with E-state index in [0.717, 1.165) is 29.6 Å². The lowest BCUT2D eigenvalue weighted by Crippen LogP contribution is -2.49. The van der Waals surface area contributed by atoms with Crippen molar-refractivity contribution >= 4 is 16.8 Å². The Balaban J connectivity index is 1.65. The molecule has 0 bridgehead atoms. The predicted octanol–water partition coefficient (Wildman–Crippen LogP) is 1.57. The molecule has 1 saturated heterocycles. The molecule has 1 atom stereocenters. The van der Waals surface area contributed by atoms with Gasteiger partial charge in [0.2, 0.25) is 0 Å². The van der Waals surface area contributed by atoms with Gasteiger partial charge in [-0.3, -0.25) is 14.7 Å². The third kappa shape index (κ3) is 3.26. The van der Waals surface area contributed by atoms with E-state index in [0.29, 0.717) is 19.7 Å². The molecular weight excluding hydrogens is 278 g/mol. The molecule has 2 heterocycles. The number of rotatable bonds is 4. The minimum absolute atomic E-state index is 0.0499. The van der Waals surface area contributed by atoms with Crippen LogP contribution in [0, 0.1) is 0 Å². The van der Waals surface area contributed by atoms with Crippen LogP contribution < -0.4 is 5.32 Å². The van der Waals surface area contributed by atoms with E-state index >= 15 is 0 Å². The molecule has 1 aliphatic rings. The van der Waals surface area contributed by atoms with Gasteiger partial charge in [-0.2, -0.15) is 0 Å². The predicted molar refractivity (Wildman–Crippen MR) is 85.4 cm³/mol. The van der Waals surface area contributed by atoms with E-state index in [1.807, 2.05) is 30.3 Å². The van der Waals surface area contributed by atoms with Crippen LogP contribution in [0.4, 0.5) is 0 Å². The van der Waals surface area contributed by atoms with E-state index < -0.39 is 0 Å². The number of para-hydroxylation sites is 1. The average molecular weight is 299 g/mol. The highest BCUT2D eigenvalue weighted by atomic mass is 16.5. The van der Waals surface area contributed by atoms with Crippen LogP contribution in [-0.2, 0) is 16.1 Å². The van der Waals surface area contributed by atoms with Crippen LogP contribution >= 0.6 is 0 Å². The molecule has 1 aromatic carbocycles. The third-order valence-electron chi connectivity index (χ3n) is 4.06. The molecule has 1 aliphatic heterocycles. The van der Waals surface area contributed by atoms with Crippen molar-refractivity contribution in [3.63, 3.8) is 0 Å². The van der Waals surface area contributed by atoms with Gasteiger partial charge in [0.25, 0.3) is 5.91 Å². The van der Waals surface area contributed by atoms with Gasteiger partial charge in [-0.15, -0.1) is 0 Å². The van der Waals surface area contributed by atoms with E-state index in [4.69, 9.17) is 4.74 Å². The van der Waals surface area contributed by atoms with Gasteiger partial charge in [-0.1, -0.05) is 31.2 Å². The summed E-state index contributed by atoms with van der Waals surface area (Å²) >= 11 is 0. The topological polar surface area (TPSA) is 54.5 Å². The minimum atomic E-state index is -0.378. The van der Waals surface area contributed by atoms with Gasteiger partial charge >= 0.3 is 0 Å². The molecule has 1 N–H and O–H groups in total. The maximum atomic E-state index is 12.3. The van der Waals surface area contributed by atoms with Crippen LogP contribution in [0.2, 0.25) is 0 Å². The highest BCUT2D eigenvalue weighted by Crippen LogP contribution is 2.15. The molecular formula is C17H21N3O2. The fraction of sp³-hybridized carbons (Fsp3) is 0.412. The van der Waals surface area contributed by atoms with Crippen LogP contribution in [0.1, 0.15) is 12.5 Å². The zero-order valence-corrected chi connectivity index (χ0v) is 12.8. The van der Waals surface area contributed by atoms with Gasteiger partial charge in [0.1, 0.15) is 6.10 Å². The summed E-state index contributed by atoms with van der Waals surface area (Å²) in [5.74, 6) is -0.0499. The molecule has 0 spiro atoms. The summed E-state index contributed by atoms with van der Waals surface area (Å²) in [4.78, 5) is 18.9. The standard InChI is InChI=1S/C17H21N3O2/c1-2-20-9-10-22-15(12-20)17(21)19-11-14-6-3-5-13-7-4-8-18-16(13)14/h3-8,15H,2,9-12H2,1H3,(H,19,21). The first-order valence-corrected chi connectivity index (χ1v) is 7.72. The van der Waals surface area contributed by atoms with Gasteiger partial charge in [0.05, 0.1) is 12.1 Å². The number of aromatic nitrogens is 1. The van der Waals surface area contributed by atoms with Crippen LogP contribution in [0.3, 0.4) is 0 Å². The molecule has 22 heavy (non-hydrogen) atoms. The Hall–Kier alpha value is -1.98. The van der Waals surface area contributed by atoms with Gasteiger partial charge in [-0.05, 0) is 18.2 Å². The maximum Gasteiger partial charge on any atom is 0.250 e. The summed E-state index contributed by atoms with van der Waals surface area (Å²) in [7, 11) is 0. The zero-order chi connectivity index (χ0) is 15.4. The quantitative estimate of drug-likeness (QED) is 0.931. The van der Waals surface area contributed by atoms with Crippen molar-refractivity contribution in [2.24, 2.45) is 0 Å². The number of hydrogen-bond donors (Lipinski definition) is 1. The van der Waals surface area contributed by atoms with Crippen molar-refractivity contribution in [2.75, 3.05) is 26.2 Å². The maximum absolute atomic E-state index is 12.3. The number of carbonyl (C=O) groups excluding carboxylic acids is 1. The second kappa shape index (κ2) is 6.85. The Kier molecular flexibility index (Phi) is 4.65. The molecule has 5 heteroatoms. The number of likely N-dealkylation sites (N-methyl/N-ethyl adjacent to an activating group) is 1. The summed E-state index contributed by atoms with van der Waals surface area (Å²) < 4.78 is 5.58. The number of hydrogen-bond acceptors (Lipinski definition) is 4. The first kappa shape index (κ1) is 14.9. The summed E-state index contributed by atoms with van der Waals surface area (Å²) in [5.41, 5.74) is 1.96. The molecule has 0 radical (unpaired) electrons. The normalized spacial score (nSPS) is 19.2. The second-order valence-electron chi connectivity index (χ2n) is 5.46. The Morgan fingerprint density at radius 3 is 3.14 bits per heavy atom. The number of pyridine rings is 1. The minimum Gasteiger partial charge on any atom is -0.366 e. The SMILES string of the molecule is CCN1CCOC(C(=O)NCc2cccc3cccnc23)C1. The second-order valence-corrected chi connectivity index (χ2v) is 5.46. The van der Waals surface area contributed by atoms with E-state index in [2.05, 4.69) is 22.1 Å². The van der Waals surface area contributed by atoms with Crippen LogP contribution in [0.15, 0.2) is 36.5 Å². The number of fused-ring (bicyclic) bond motifs is 1. The molecule has 1 unspecified atom stereocenters. The Morgan fingerprint density at radius 2 is 2.27 bits per heavy atom. The summed E-state index contributed by atoms with van der Waals surface area (Å²) in [5, 5.41) is 4.06. The lowest BCUT2D eigenvalue weighted by molar-refractivity contribution is -0.138. The van der Waals surface area contributed by atoms with Crippen molar-refractivity contribution < 1.29 is 9.53 Å². The molecule has 1 aromatic heterocycles. The summed E-state index contributed by atoms with van der Waals surface area (Å²) in [6, 6.07) is 9.95. The third-order valence-corrected chi connectivity index (χ3v) is 4.06. The van der Waals surface area contributed by atoms with E-state index in [9.17, 15) is 4.79 Å². The number of carbonyl (C=O) groups is 1. The van der Waals surface area contributed by atoms with E-state index in [1.54, 1.807) is 6.20 Å². The smallest absolute Gasteiger partial charge is 0.250 e. The van der Waals surface area contributed by atoms with Gasteiger partial charge < -0.3 is 10.1 Å². The van der Waals surface area contributed by atoms with Crippen LogP contribution in [0.25, 0.3) is 10.9 Å². The van der Waals surface area contributed by atoms with Crippen LogP contribution in [-0.4, -0.2) is 48.1 Å². The molecule has 3 rings (SSSR count). The highest BCUT2D eigenvalue weighted by Gasteiger charge is 2.25. The van der Waals surface area contributed by atoms with Crippen LogP contribution in [0.5, 0.6) is 0 Å². The number of amides is 1. The highest BCUT2D eigenvalue weighted by molar-refractivity contribution is 5.84. The average Bonchev–Trinajstić information content (AvgIpc) is 2.59. The monoisotopic (exact) mass is 299 g/mol. The largest absolute Gasteiger partial charge is 0.366 e. The zero-order valence-electron chi connectivity index (χ0n) is 12.8. The van der Waals surface area contributed by atoms with Gasteiger partial charge in [0, 0.05) is 31.2 Å². The number of nitrogens with zero attached hydrogens (tertiary/aromatic N) is 2. The first-order valence-electron chi connectivity index (χ1n) is 7.72. The molecule has 0 aliphatic carbocycles. The van der Waals surface area contributed by atoms with E-state index in [-0.39, 0.29) is 12.0 Å². The lowest BCUT2D eigenvalue weighted by Gasteiger charge is -2.31. The summed E-state index contributed by atoms with van der Waals surface area (Å²) in [6.45, 7) is 5.69. The van der Waals surface area contributed by atoms with Gasteiger partial charge in [0.15, 0.2) is 0 Å². The first-order chi connectivity index (χ1) is 10.8. The molecule has 1 amide bonds. The number of benzene rings is 1. The summed E-state index contributed by atoms with van der Waals surface area (Å²) in [6.07, 6.45) is 1.40. The van der Waals surface area contributed by atoms with E-state index in [1.165, 1.54) is 0 Å². The molecule has 2 aromatic rings.